The van der Waals surface area contributed by atoms with Gasteiger partial charge < -0.3 is 16.0 Å². The van der Waals surface area contributed by atoms with Crippen molar-refractivity contribution >= 4 is 34.3 Å². The molecule has 1 amide bonds. The molecule has 3 rings (SSSR count). The van der Waals surface area contributed by atoms with Gasteiger partial charge in [-0.25, -0.2) is 0 Å². The van der Waals surface area contributed by atoms with Crippen LogP contribution in [0.4, 0.5) is 5.69 Å². The van der Waals surface area contributed by atoms with Gasteiger partial charge in [0.1, 0.15) is 0 Å². The van der Waals surface area contributed by atoms with E-state index in [1.165, 1.54) is 11.5 Å². The van der Waals surface area contributed by atoms with Crippen LogP contribution in [0, 0.1) is 0 Å². The number of anilines is 1. The zero-order chi connectivity index (χ0) is 14.7. The van der Waals surface area contributed by atoms with Gasteiger partial charge in [-0.15, -0.1) is 0 Å². The number of hydrogen-bond donors (Lipinski definition) is 3. The first-order valence-electron chi connectivity index (χ1n) is 7.19. The largest absolute Gasteiger partial charge is 0.399 e. The fraction of sp³-hybridized carbons (Fsp3) is 0.400. The Hall–Kier alpha value is -1.66. The molecule has 5 nitrogen and oxygen atoms in total. The van der Waals surface area contributed by atoms with Crippen LogP contribution in [0.15, 0.2) is 24.4 Å². The zero-order valence-electron chi connectivity index (χ0n) is 11.9. The van der Waals surface area contributed by atoms with Crippen molar-refractivity contribution in [1.82, 2.24) is 15.2 Å². The second-order valence-electron chi connectivity index (χ2n) is 5.22. The Kier molecular flexibility index (Phi) is 4.36. The number of rotatable bonds is 4. The molecule has 1 fully saturated rings. The van der Waals surface area contributed by atoms with Crippen LogP contribution < -0.4 is 11.1 Å². The smallest absolute Gasteiger partial charge is 0.253 e. The number of nitrogen functional groups attached to an aromatic ring is 1. The topological polar surface area (TPSA) is 74.2 Å². The van der Waals surface area contributed by atoms with Gasteiger partial charge in [0.25, 0.3) is 5.91 Å². The highest BCUT2D eigenvalue weighted by atomic mass is 32.2. The molecule has 0 spiro atoms. The molecule has 0 saturated carbocycles. The number of fused-ring (bicyclic) bond motifs is 1. The summed E-state index contributed by atoms with van der Waals surface area (Å²) in [6.45, 7) is 3.84. The van der Waals surface area contributed by atoms with Gasteiger partial charge in [-0.05, 0) is 18.2 Å². The number of carbonyl (C=O) groups is 1. The summed E-state index contributed by atoms with van der Waals surface area (Å²) in [4.78, 5) is 17.8. The van der Waals surface area contributed by atoms with Crippen LogP contribution in [0.5, 0.6) is 0 Å². The molecular formula is C15H20N4OS. The molecule has 1 aromatic heterocycles. The Morgan fingerprint density at radius 2 is 2.19 bits per heavy atom. The first-order chi connectivity index (χ1) is 10.2. The third-order valence-electron chi connectivity index (χ3n) is 3.77. The standard InChI is InChI=1S/C15H20N4OS/c16-11-1-2-12-13(10-18-14(12)9-11)15(20)17-3-4-19-5-7-21-8-6-19/h1-2,9-10,18H,3-8,16H2,(H,17,20). The molecule has 21 heavy (non-hydrogen) atoms. The lowest BCUT2D eigenvalue weighted by Crippen LogP contribution is -2.39. The quantitative estimate of drug-likeness (QED) is 0.749. The minimum absolute atomic E-state index is 0.0302. The number of carbonyl (C=O) groups excluding carboxylic acids is 1. The molecule has 1 aliphatic rings. The van der Waals surface area contributed by atoms with Crippen molar-refractivity contribution in [2.75, 3.05) is 43.4 Å². The number of H-pyrrole nitrogens is 1. The van der Waals surface area contributed by atoms with Crippen LogP contribution >= 0.6 is 11.8 Å². The third kappa shape index (κ3) is 3.33. The van der Waals surface area contributed by atoms with Gasteiger partial charge in [0.2, 0.25) is 0 Å². The Morgan fingerprint density at radius 1 is 1.38 bits per heavy atom. The average Bonchev–Trinajstić information content (AvgIpc) is 2.91. The molecule has 0 radical (unpaired) electrons. The van der Waals surface area contributed by atoms with Crippen LogP contribution in [-0.2, 0) is 0 Å². The number of nitrogens with two attached hydrogens (primary N) is 1. The molecule has 1 aromatic carbocycles. The molecule has 1 saturated heterocycles. The molecule has 0 aliphatic carbocycles. The minimum atomic E-state index is -0.0302. The Morgan fingerprint density at radius 3 is 3.00 bits per heavy atom. The number of nitrogens with zero attached hydrogens (tertiary/aromatic N) is 1. The van der Waals surface area contributed by atoms with Crippen LogP contribution in [0.25, 0.3) is 10.9 Å². The minimum Gasteiger partial charge on any atom is -0.399 e. The van der Waals surface area contributed by atoms with Gasteiger partial charge in [-0.1, -0.05) is 0 Å². The van der Waals surface area contributed by atoms with E-state index >= 15 is 0 Å². The monoisotopic (exact) mass is 304 g/mol. The second-order valence-corrected chi connectivity index (χ2v) is 6.44. The lowest BCUT2D eigenvalue weighted by atomic mass is 10.1. The summed E-state index contributed by atoms with van der Waals surface area (Å²) < 4.78 is 0. The first-order valence-corrected chi connectivity index (χ1v) is 8.34. The lowest BCUT2D eigenvalue weighted by molar-refractivity contribution is 0.0950. The van der Waals surface area contributed by atoms with Crippen molar-refractivity contribution < 1.29 is 4.79 Å². The van der Waals surface area contributed by atoms with Gasteiger partial charge in [-0.3, -0.25) is 9.69 Å². The molecule has 2 aromatic rings. The van der Waals surface area contributed by atoms with E-state index in [4.69, 9.17) is 5.73 Å². The predicted molar refractivity (Wildman–Crippen MR) is 88.8 cm³/mol. The van der Waals surface area contributed by atoms with Crippen molar-refractivity contribution in [3.05, 3.63) is 30.0 Å². The molecular weight excluding hydrogens is 284 g/mol. The van der Waals surface area contributed by atoms with Crippen LogP contribution in [0.3, 0.4) is 0 Å². The molecule has 6 heteroatoms. The molecule has 2 heterocycles. The van der Waals surface area contributed by atoms with Crippen LogP contribution in [-0.4, -0.2) is 53.5 Å². The van der Waals surface area contributed by atoms with Crippen molar-refractivity contribution in [3.8, 4) is 0 Å². The third-order valence-corrected chi connectivity index (χ3v) is 4.71. The summed E-state index contributed by atoms with van der Waals surface area (Å²) in [5.41, 5.74) is 8.01. The number of aromatic nitrogens is 1. The van der Waals surface area contributed by atoms with Gasteiger partial charge >= 0.3 is 0 Å². The van der Waals surface area contributed by atoms with E-state index in [9.17, 15) is 4.79 Å². The summed E-state index contributed by atoms with van der Waals surface area (Å²) >= 11 is 2.00. The number of amides is 1. The highest BCUT2D eigenvalue weighted by molar-refractivity contribution is 7.99. The Balaban J connectivity index is 1.59. The van der Waals surface area contributed by atoms with Gasteiger partial charge in [-0.2, -0.15) is 11.8 Å². The van der Waals surface area contributed by atoms with Gasteiger partial charge in [0.15, 0.2) is 0 Å². The normalized spacial score (nSPS) is 16.2. The molecule has 1 aliphatic heterocycles. The van der Waals surface area contributed by atoms with Crippen LogP contribution in [0.1, 0.15) is 10.4 Å². The predicted octanol–water partition coefficient (Wildman–Crippen LogP) is 1.53. The summed E-state index contributed by atoms with van der Waals surface area (Å²) in [5.74, 6) is 2.35. The molecule has 4 N–H and O–H groups in total. The van der Waals surface area contributed by atoms with Crippen molar-refractivity contribution in [2.24, 2.45) is 0 Å². The maximum atomic E-state index is 12.3. The summed E-state index contributed by atoms with van der Waals surface area (Å²) in [5, 5.41) is 3.91. The Labute approximate surface area is 128 Å². The molecule has 112 valence electrons. The fourth-order valence-electron chi connectivity index (χ4n) is 2.58. The number of benzene rings is 1. The average molecular weight is 304 g/mol. The number of aromatic amines is 1. The van der Waals surface area contributed by atoms with E-state index in [2.05, 4.69) is 15.2 Å². The highest BCUT2D eigenvalue weighted by Gasteiger charge is 2.13. The van der Waals surface area contributed by atoms with Gasteiger partial charge in [0, 0.05) is 60.5 Å². The Bertz CT molecular complexity index is 634. The summed E-state index contributed by atoms with van der Waals surface area (Å²) in [6.07, 6.45) is 1.75. The van der Waals surface area contributed by atoms with E-state index in [0.717, 1.165) is 30.5 Å². The maximum absolute atomic E-state index is 12.3. The molecule has 0 atom stereocenters. The van der Waals surface area contributed by atoms with E-state index in [1.54, 1.807) is 6.20 Å². The number of nitrogens with one attached hydrogen (secondary N) is 2. The van der Waals surface area contributed by atoms with E-state index < -0.39 is 0 Å². The summed E-state index contributed by atoms with van der Waals surface area (Å²) in [7, 11) is 0. The zero-order valence-corrected chi connectivity index (χ0v) is 12.7. The van der Waals surface area contributed by atoms with Crippen molar-refractivity contribution in [3.63, 3.8) is 0 Å². The first kappa shape index (κ1) is 14.3. The van der Waals surface area contributed by atoms with Crippen molar-refractivity contribution in [2.45, 2.75) is 0 Å². The SMILES string of the molecule is Nc1ccc2c(C(=O)NCCN3CCSCC3)c[nH]c2c1. The maximum Gasteiger partial charge on any atom is 0.253 e. The van der Waals surface area contributed by atoms with Crippen LogP contribution in [0.2, 0.25) is 0 Å². The number of thioether (sulfide) groups is 1. The molecule has 0 unspecified atom stereocenters. The fourth-order valence-corrected chi connectivity index (χ4v) is 3.56. The van der Waals surface area contributed by atoms with Gasteiger partial charge in [0.05, 0.1) is 5.56 Å². The van der Waals surface area contributed by atoms with Crippen molar-refractivity contribution in [1.29, 1.82) is 0 Å². The summed E-state index contributed by atoms with van der Waals surface area (Å²) in [6, 6.07) is 5.55. The van der Waals surface area contributed by atoms with E-state index in [0.29, 0.717) is 17.8 Å². The number of hydrogen-bond acceptors (Lipinski definition) is 4. The van der Waals surface area contributed by atoms with E-state index in [1.807, 2.05) is 30.0 Å². The lowest BCUT2D eigenvalue weighted by Gasteiger charge is -2.25. The second kappa shape index (κ2) is 6.41. The highest BCUT2D eigenvalue weighted by Crippen LogP contribution is 2.20. The molecule has 0 bridgehead atoms. The van der Waals surface area contributed by atoms with E-state index in [-0.39, 0.29) is 5.91 Å².